The van der Waals surface area contributed by atoms with Gasteiger partial charge >= 0.3 is 6.09 Å². The number of pyridine rings is 1. The summed E-state index contributed by atoms with van der Waals surface area (Å²) in [7, 11) is 0. The first-order valence-electron chi connectivity index (χ1n) is 6.85. The molecule has 5 nitrogen and oxygen atoms in total. The van der Waals surface area contributed by atoms with Crippen LogP contribution in [0.25, 0.3) is 0 Å². The van der Waals surface area contributed by atoms with Crippen LogP contribution >= 0.6 is 15.9 Å². The predicted molar refractivity (Wildman–Crippen MR) is 86.1 cm³/mol. The summed E-state index contributed by atoms with van der Waals surface area (Å²) in [4.78, 5) is 15.0. The van der Waals surface area contributed by atoms with E-state index in [-0.39, 0.29) is 0 Å². The summed E-state index contributed by atoms with van der Waals surface area (Å²) < 4.78 is 6.06. The van der Waals surface area contributed by atoms with E-state index in [2.05, 4.69) is 20.9 Å². The van der Waals surface area contributed by atoms with E-state index < -0.39 is 18.3 Å². The van der Waals surface area contributed by atoms with E-state index >= 15 is 0 Å². The number of aromatic nitrogens is 1. The largest absolute Gasteiger partial charge is 0.443 e. The number of nitrogens with zero attached hydrogens (tertiary/aromatic N) is 1. The van der Waals surface area contributed by atoms with Gasteiger partial charge in [0.05, 0.1) is 0 Å². The zero-order valence-corrected chi connectivity index (χ0v) is 13.4. The highest BCUT2D eigenvalue weighted by Crippen LogP contribution is 2.23. The zero-order valence-electron chi connectivity index (χ0n) is 11.9. The second-order valence-electron chi connectivity index (χ2n) is 4.87. The SMILES string of the molecule is NC(=O)OC(CCc1ccc(Br)cc1)[C@H](O)c1cccnc1. The van der Waals surface area contributed by atoms with E-state index in [4.69, 9.17) is 10.5 Å². The summed E-state index contributed by atoms with van der Waals surface area (Å²) in [6.45, 7) is 0. The molecule has 2 rings (SSSR count). The molecule has 2 atom stereocenters. The Balaban J connectivity index is 2.05. The molecular formula is C16H17BrN2O3. The van der Waals surface area contributed by atoms with E-state index in [9.17, 15) is 9.90 Å². The molecule has 6 heteroatoms. The van der Waals surface area contributed by atoms with E-state index in [0.29, 0.717) is 18.4 Å². The molecule has 1 amide bonds. The van der Waals surface area contributed by atoms with Gasteiger partial charge in [-0.15, -0.1) is 0 Å². The quantitative estimate of drug-likeness (QED) is 0.824. The van der Waals surface area contributed by atoms with Crippen molar-refractivity contribution in [2.75, 3.05) is 0 Å². The third-order valence-electron chi connectivity index (χ3n) is 3.28. The smallest absolute Gasteiger partial charge is 0.404 e. The summed E-state index contributed by atoms with van der Waals surface area (Å²) in [6.07, 6.45) is 1.69. The molecule has 1 unspecified atom stereocenters. The van der Waals surface area contributed by atoms with Gasteiger partial charge in [0.25, 0.3) is 0 Å². The number of amides is 1. The number of nitrogens with two attached hydrogens (primary N) is 1. The molecule has 1 aromatic carbocycles. The van der Waals surface area contributed by atoms with Crippen molar-refractivity contribution in [1.82, 2.24) is 4.98 Å². The van der Waals surface area contributed by atoms with Crippen LogP contribution in [0.1, 0.15) is 23.7 Å². The molecule has 0 fully saturated rings. The highest BCUT2D eigenvalue weighted by molar-refractivity contribution is 9.10. The van der Waals surface area contributed by atoms with Crippen LogP contribution in [0.4, 0.5) is 4.79 Å². The fourth-order valence-corrected chi connectivity index (χ4v) is 2.42. The standard InChI is InChI=1S/C16H17BrN2O3/c17-13-6-3-11(4-7-13)5-8-14(22-16(18)21)15(20)12-2-1-9-19-10-12/h1-4,6-7,9-10,14-15,20H,5,8H2,(H2,18,21)/t14?,15-/m1/s1. The summed E-state index contributed by atoms with van der Waals surface area (Å²) >= 11 is 3.38. The number of benzene rings is 1. The van der Waals surface area contributed by atoms with Gasteiger partial charge in [0.15, 0.2) is 0 Å². The molecule has 0 bridgehead atoms. The van der Waals surface area contributed by atoms with E-state index in [1.54, 1.807) is 24.5 Å². The summed E-state index contributed by atoms with van der Waals surface area (Å²) in [5, 5.41) is 10.4. The number of hydrogen-bond acceptors (Lipinski definition) is 4. The number of rotatable bonds is 6. The lowest BCUT2D eigenvalue weighted by Gasteiger charge is -2.22. The minimum Gasteiger partial charge on any atom is -0.443 e. The van der Waals surface area contributed by atoms with Crippen molar-refractivity contribution in [2.24, 2.45) is 5.73 Å². The first kappa shape index (κ1) is 16.5. The van der Waals surface area contributed by atoms with Crippen molar-refractivity contribution in [2.45, 2.75) is 25.0 Å². The molecule has 116 valence electrons. The van der Waals surface area contributed by atoms with Crippen LogP contribution < -0.4 is 5.73 Å². The molecule has 2 aromatic rings. The molecule has 0 radical (unpaired) electrons. The minimum atomic E-state index is -0.961. The molecule has 3 N–H and O–H groups in total. The van der Waals surface area contributed by atoms with Crippen LogP contribution in [0.15, 0.2) is 53.3 Å². The maximum absolute atomic E-state index is 11.1. The van der Waals surface area contributed by atoms with Crippen LogP contribution in [0.5, 0.6) is 0 Å². The van der Waals surface area contributed by atoms with E-state index in [0.717, 1.165) is 10.0 Å². The van der Waals surface area contributed by atoms with Gasteiger partial charge in [-0.2, -0.15) is 0 Å². The van der Waals surface area contributed by atoms with Crippen molar-refractivity contribution in [3.05, 3.63) is 64.4 Å². The molecule has 0 spiro atoms. The van der Waals surface area contributed by atoms with Gasteiger partial charge in [0.1, 0.15) is 12.2 Å². The lowest BCUT2D eigenvalue weighted by molar-refractivity contribution is 0.000794. The highest BCUT2D eigenvalue weighted by atomic mass is 79.9. The zero-order chi connectivity index (χ0) is 15.9. The monoisotopic (exact) mass is 364 g/mol. The number of aryl methyl sites for hydroxylation is 1. The van der Waals surface area contributed by atoms with Crippen LogP contribution in [0, 0.1) is 0 Å². The molecule has 22 heavy (non-hydrogen) atoms. The minimum absolute atomic E-state index is 0.459. The first-order valence-corrected chi connectivity index (χ1v) is 7.64. The van der Waals surface area contributed by atoms with E-state index in [1.165, 1.54) is 0 Å². The first-order chi connectivity index (χ1) is 10.6. The van der Waals surface area contributed by atoms with Crippen molar-refractivity contribution >= 4 is 22.0 Å². The molecule has 1 heterocycles. The molecule has 0 aliphatic heterocycles. The van der Waals surface area contributed by atoms with Crippen LogP contribution in [0.3, 0.4) is 0 Å². The van der Waals surface area contributed by atoms with Crippen molar-refractivity contribution in [3.63, 3.8) is 0 Å². The molecule has 0 saturated heterocycles. The average molecular weight is 365 g/mol. The highest BCUT2D eigenvalue weighted by Gasteiger charge is 2.24. The molecule has 0 saturated carbocycles. The maximum Gasteiger partial charge on any atom is 0.404 e. The van der Waals surface area contributed by atoms with Gasteiger partial charge in [-0.25, -0.2) is 4.79 Å². The Hall–Kier alpha value is -1.92. The van der Waals surface area contributed by atoms with Crippen molar-refractivity contribution in [1.29, 1.82) is 0 Å². The Bertz CT molecular complexity index is 605. The van der Waals surface area contributed by atoms with Gasteiger partial charge < -0.3 is 15.6 Å². The lowest BCUT2D eigenvalue weighted by atomic mass is 9.99. The number of aliphatic hydroxyl groups is 1. The number of ether oxygens (including phenoxy) is 1. The molecule has 0 aliphatic carbocycles. The van der Waals surface area contributed by atoms with Gasteiger partial charge in [-0.1, -0.05) is 34.1 Å². The average Bonchev–Trinajstić information content (AvgIpc) is 2.53. The summed E-state index contributed by atoms with van der Waals surface area (Å²) in [5.41, 5.74) is 6.77. The van der Waals surface area contributed by atoms with Crippen LogP contribution in [-0.2, 0) is 11.2 Å². The second-order valence-corrected chi connectivity index (χ2v) is 5.79. The number of hydrogen-bond donors (Lipinski definition) is 2. The number of carbonyl (C=O) groups is 1. The molecule has 0 aliphatic rings. The van der Waals surface area contributed by atoms with Crippen molar-refractivity contribution < 1.29 is 14.6 Å². The number of carbonyl (C=O) groups excluding carboxylic acids is 1. The fraction of sp³-hybridized carbons (Fsp3) is 0.250. The van der Waals surface area contributed by atoms with E-state index in [1.807, 2.05) is 24.3 Å². The summed E-state index contributed by atoms with van der Waals surface area (Å²) in [6, 6.07) is 11.3. The van der Waals surface area contributed by atoms with Gasteiger partial charge in [-0.05, 0) is 36.6 Å². The predicted octanol–water partition coefficient (Wildman–Crippen LogP) is 2.97. The molecular weight excluding hydrogens is 348 g/mol. The number of aliphatic hydroxyl groups excluding tert-OH is 1. The van der Waals surface area contributed by atoms with Crippen LogP contribution in [0.2, 0.25) is 0 Å². The van der Waals surface area contributed by atoms with Gasteiger partial charge in [0, 0.05) is 22.4 Å². The maximum atomic E-state index is 11.1. The van der Waals surface area contributed by atoms with Gasteiger partial charge in [-0.3, -0.25) is 4.98 Å². The Labute approximate surface area is 137 Å². The Kier molecular flexibility index (Phi) is 5.91. The third kappa shape index (κ3) is 4.82. The Morgan fingerprint density at radius 1 is 1.32 bits per heavy atom. The summed E-state index contributed by atoms with van der Waals surface area (Å²) in [5.74, 6) is 0. The Morgan fingerprint density at radius 3 is 2.64 bits per heavy atom. The van der Waals surface area contributed by atoms with Gasteiger partial charge in [0.2, 0.25) is 0 Å². The van der Waals surface area contributed by atoms with Crippen molar-refractivity contribution in [3.8, 4) is 0 Å². The Morgan fingerprint density at radius 2 is 2.05 bits per heavy atom. The normalized spacial score (nSPS) is 13.4. The topological polar surface area (TPSA) is 85.4 Å². The fourth-order valence-electron chi connectivity index (χ4n) is 2.16. The molecule has 1 aromatic heterocycles. The number of halogens is 1. The van der Waals surface area contributed by atoms with Crippen LogP contribution in [-0.4, -0.2) is 22.3 Å². The second kappa shape index (κ2) is 7.91. The lowest BCUT2D eigenvalue weighted by Crippen LogP contribution is -2.29. The number of primary amides is 1. The third-order valence-corrected chi connectivity index (χ3v) is 3.81.